The lowest BCUT2D eigenvalue weighted by Gasteiger charge is -2.30. The maximum Gasteiger partial charge on any atom is 0.225 e. The summed E-state index contributed by atoms with van der Waals surface area (Å²) in [5.74, 6) is 2.41. The van der Waals surface area contributed by atoms with E-state index in [2.05, 4.69) is 21.7 Å². The molecule has 1 amide bonds. The van der Waals surface area contributed by atoms with Crippen molar-refractivity contribution in [2.24, 2.45) is 0 Å². The summed E-state index contributed by atoms with van der Waals surface area (Å²) in [7, 11) is 4.00. The number of nitrogens with one attached hydrogen (secondary N) is 3. The molecular formula is C33H36N6O2. The number of H-pyrrole nitrogens is 1. The molecule has 5 aromatic rings. The van der Waals surface area contributed by atoms with Gasteiger partial charge in [0, 0.05) is 48.7 Å². The number of aromatic amines is 1. The molecule has 0 atom stereocenters. The van der Waals surface area contributed by atoms with Gasteiger partial charge in [-0.3, -0.25) is 4.79 Å². The highest BCUT2D eigenvalue weighted by Crippen LogP contribution is 2.27. The molecule has 8 nitrogen and oxygen atoms in total. The summed E-state index contributed by atoms with van der Waals surface area (Å²) in [4.78, 5) is 27.9. The lowest BCUT2D eigenvalue weighted by Crippen LogP contribution is -2.40. The Morgan fingerprint density at radius 2 is 1.68 bits per heavy atom. The number of fused-ring (bicyclic) bond motifs is 2. The first kappa shape index (κ1) is 26.6. The second-order valence-corrected chi connectivity index (χ2v) is 11.0. The average Bonchev–Trinajstić information content (AvgIpc) is 3.38. The van der Waals surface area contributed by atoms with Gasteiger partial charge in [-0.1, -0.05) is 42.5 Å². The maximum absolute atomic E-state index is 13.0. The Morgan fingerprint density at radius 1 is 0.927 bits per heavy atom. The molecular weight excluding hydrogens is 512 g/mol. The van der Waals surface area contributed by atoms with E-state index in [4.69, 9.17) is 14.7 Å². The third-order valence-electron chi connectivity index (χ3n) is 7.77. The molecule has 0 saturated heterocycles. The van der Waals surface area contributed by atoms with Crippen LogP contribution in [0.15, 0.2) is 79.0 Å². The minimum absolute atomic E-state index is 0.0476. The van der Waals surface area contributed by atoms with Crippen LogP contribution < -0.4 is 20.3 Å². The first-order valence-corrected chi connectivity index (χ1v) is 14.3. The third-order valence-corrected chi connectivity index (χ3v) is 7.77. The molecule has 1 saturated carbocycles. The number of hydrogen-bond acceptors (Lipinski definition) is 6. The second-order valence-electron chi connectivity index (χ2n) is 11.0. The summed E-state index contributed by atoms with van der Waals surface area (Å²) in [6.07, 6.45) is 6.00. The summed E-state index contributed by atoms with van der Waals surface area (Å²) in [5.41, 5.74) is 4.03. The molecule has 0 unspecified atom stereocenters. The number of anilines is 2. The summed E-state index contributed by atoms with van der Waals surface area (Å²) in [6, 6.07) is 24.6. The van der Waals surface area contributed by atoms with Crippen molar-refractivity contribution in [2.45, 2.75) is 50.8 Å². The monoisotopic (exact) mass is 548 g/mol. The van der Waals surface area contributed by atoms with Gasteiger partial charge in [0.15, 0.2) is 0 Å². The summed E-state index contributed by atoms with van der Waals surface area (Å²) < 4.78 is 6.01. The zero-order chi connectivity index (χ0) is 28.2. The number of para-hydroxylation sites is 1. The number of hydrogen-bond donors (Lipinski definition) is 3. The molecule has 2 aromatic heterocycles. The van der Waals surface area contributed by atoms with Crippen LogP contribution in [0.5, 0.6) is 5.75 Å². The number of rotatable bonds is 9. The molecule has 1 aliphatic carbocycles. The topological polar surface area (TPSA) is 95.2 Å². The maximum atomic E-state index is 13.0. The Hall–Kier alpha value is -4.59. The Labute approximate surface area is 240 Å². The van der Waals surface area contributed by atoms with Gasteiger partial charge in [0.2, 0.25) is 11.9 Å². The van der Waals surface area contributed by atoms with Crippen LogP contribution >= 0.6 is 0 Å². The molecule has 3 aromatic carbocycles. The SMILES string of the molecule is CN(C)c1nc(N[C@H]2CC[C@@H](NC(=O)Cc3c[nH]c4ccc(OCc5ccccc5)cc34)CC2)nc2ccccc12. The quantitative estimate of drug-likeness (QED) is 0.214. The van der Waals surface area contributed by atoms with E-state index in [1.165, 1.54) is 0 Å². The van der Waals surface area contributed by atoms with Gasteiger partial charge in [-0.2, -0.15) is 4.98 Å². The Bertz CT molecular complexity index is 1640. The second kappa shape index (κ2) is 11.9. The molecule has 1 fully saturated rings. The zero-order valence-electron chi connectivity index (χ0n) is 23.6. The van der Waals surface area contributed by atoms with Crippen molar-refractivity contribution in [1.82, 2.24) is 20.3 Å². The van der Waals surface area contributed by atoms with Crippen molar-refractivity contribution in [3.8, 4) is 5.75 Å². The van der Waals surface area contributed by atoms with E-state index in [0.29, 0.717) is 19.0 Å². The molecule has 41 heavy (non-hydrogen) atoms. The van der Waals surface area contributed by atoms with Crippen LogP contribution in [-0.4, -0.2) is 47.0 Å². The van der Waals surface area contributed by atoms with E-state index in [1.54, 1.807) is 0 Å². The zero-order valence-corrected chi connectivity index (χ0v) is 23.6. The Balaban J connectivity index is 1.03. The van der Waals surface area contributed by atoms with Gasteiger partial charge in [-0.25, -0.2) is 4.98 Å². The molecule has 0 aliphatic heterocycles. The van der Waals surface area contributed by atoms with Gasteiger partial charge in [0.25, 0.3) is 0 Å². The molecule has 3 N–H and O–H groups in total. The van der Waals surface area contributed by atoms with Crippen LogP contribution in [0.4, 0.5) is 11.8 Å². The van der Waals surface area contributed by atoms with Gasteiger partial charge in [0.05, 0.1) is 11.9 Å². The summed E-state index contributed by atoms with van der Waals surface area (Å²) >= 11 is 0. The van der Waals surface area contributed by atoms with Crippen molar-refractivity contribution in [3.63, 3.8) is 0 Å². The largest absolute Gasteiger partial charge is 0.489 e. The molecule has 8 heteroatoms. The molecule has 6 rings (SSSR count). The van der Waals surface area contributed by atoms with E-state index in [0.717, 1.165) is 70.2 Å². The van der Waals surface area contributed by atoms with Gasteiger partial charge >= 0.3 is 0 Å². The van der Waals surface area contributed by atoms with E-state index < -0.39 is 0 Å². The van der Waals surface area contributed by atoms with Crippen molar-refractivity contribution >= 4 is 39.5 Å². The van der Waals surface area contributed by atoms with Crippen molar-refractivity contribution in [2.75, 3.05) is 24.3 Å². The highest BCUT2D eigenvalue weighted by Gasteiger charge is 2.24. The van der Waals surface area contributed by atoms with Gasteiger partial charge < -0.3 is 25.3 Å². The standard InChI is InChI=1S/C33H36N6O2/c1-39(2)32-27-10-6-7-11-30(27)37-33(38-32)36-25-14-12-24(13-15-25)35-31(40)18-23-20-34-29-17-16-26(19-28(23)29)41-21-22-8-4-3-5-9-22/h3-11,16-17,19-20,24-25,34H,12-15,18,21H2,1-2H3,(H,35,40)(H,36,37,38)/t24-,25+. The minimum Gasteiger partial charge on any atom is -0.489 e. The number of benzene rings is 3. The number of carbonyl (C=O) groups excluding carboxylic acids is 1. The summed E-state index contributed by atoms with van der Waals surface area (Å²) in [5, 5.41) is 8.87. The first-order valence-electron chi connectivity index (χ1n) is 14.3. The molecule has 0 radical (unpaired) electrons. The summed E-state index contributed by atoms with van der Waals surface area (Å²) in [6.45, 7) is 0.508. The predicted molar refractivity (Wildman–Crippen MR) is 164 cm³/mol. The number of nitrogens with zero attached hydrogens (tertiary/aromatic N) is 3. The Kier molecular flexibility index (Phi) is 7.71. The first-order chi connectivity index (χ1) is 20.0. The van der Waals surface area contributed by atoms with Crippen LogP contribution in [0.2, 0.25) is 0 Å². The molecule has 2 heterocycles. The van der Waals surface area contributed by atoms with E-state index >= 15 is 0 Å². The highest BCUT2D eigenvalue weighted by atomic mass is 16.5. The van der Waals surface area contributed by atoms with Crippen LogP contribution in [-0.2, 0) is 17.8 Å². The third kappa shape index (κ3) is 6.27. The average molecular weight is 549 g/mol. The lowest BCUT2D eigenvalue weighted by atomic mass is 9.91. The van der Waals surface area contributed by atoms with Gasteiger partial charge in [0.1, 0.15) is 18.2 Å². The molecule has 0 spiro atoms. The minimum atomic E-state index is 0.0476. The van der Waals surface area contributed by atoms with Gasteiger partial charge in [-0.15, -0.1) is 0 Å². The van der Waals surface area contributed by atoms with E-state index in [-0.39, 0.29) is 18.0 Å². The molecule has 0 bridgehead atoms. The highest BCUT2D eigenvalue weighted by molar-refractivity contribution is 5.91. The van der Waals surface area contributed by atoms with Crippen LogP contribution in [0, 0.1) is 0 Å². The lowest BCUT2D eigenvalue weighted by molar-refractivity contribution is -0.121. The number of amides is 1. The Morgan fingerprint density at radius 3 is 2.49 bits per heavy atom. The van der Waals surface area contributed by atoms with Crippen molar-refractivity contribution < 1.29 is 9.53 Å². The van der Waals surface area contributed by atoms with Gasteiger partial charge in [-0.05, 0) is 67.1 Å². The number of ether oxygens (including phenoxy) is 1. The fourth-order valence-corrected chi connectivity index (χ4v) is 5.62. The smallest absolute Gasteiger partial charge is 0.225 e. The van der Waals surface area contributed by atoms with E-state index in [1.807, 2.05) is 91.9 Å². The molecule has 1 aliphatic rings. The van der Waals surface area contributed by atoms with Crippen LogP contribution in [0.1, 0.15) is 36.8 Å². The normalized spacial score (nSPS) is 16.9. The predicted octanol–water partition coefficient (Wildman–Crippen LogP) is 5.84. The molecule has 210 valence electrons. The van der Waals surface area contributed by atoms with Crippen molar-refractivity contribution in [1.29, 1.82) is 0 Å². The van der Waals surface area contributed by atoms with E-state index in [9.17, 15) is 4.79 Å². The van der Waals surface area contributed by atoms with Crippen LogP contribution in [0.25, 0.3) is 21.8 Å². The fourth-order valence-electron chi connectivity index (χ4n) is 5.62. The number of carbonyl (C=O) groups is 1. The van der Waals surface area contributed by atoms with Crippen molar-refractivity contribution in [3.05, 3.63) is 90.1 Å². The number of aromatic nitrogens is 3. The fraction of sp³-hybridized carbons (Fsp3) is 0.303. The van der Waals surface area contributed by atoms with Crippen LogP contribution in [0.3, 0.4) is 0 Å².